The number of hydrogen-bond acceptors (Lipinski definition) is 4. The number of carbonyl (C=O) groups excluding carboxylic acids is 1. The Morgan fingerprint density at radius 1 is 1.47 bits per heavy atom. The predicted octanol–water partition coefficient (Wildman–Crippen LogP) is 0.394. The Bertz CT molecular complexity index is 321. The second kappa shape index (κ2) is 5.48. The summed E-state index contributed by atoms with van der Waals surface area (Å²) in [4.78, 5) is 11.0. The smallest absolute Gasteiger partial charge is 0.309 e. The molecule has 0 fully saturated rings. The van der Waals surface area contributed by atoms with Gasteiger partial charge in [0.15, 0.2) is 0 Å². The zero-order valence-electron chi connectivity index (χ0n) is 8.64. The molecule has 1 atom stereocenters. The first-order valence-corrected chi connectivity index (χ1v) is 4.69. The standard InChI is InChI=1S/C11H15NO3/c1-15-11(14)6-8-2-4-9(5-3-8)10(12)7-13/h2-5,10,13H,6-7,12H2,1H3/t10-/m0/s1. The third-order valence-electron chi connectivity index (χ3n) is 2.18. The topological polar surface area (TPSA) is 72.5 Å². The lowest BCUT2D eigenvalue weighted by atomic mass is 10.0. The maximum Gasteiger partial charge on any atom is 0.309 e. The molecule has 1 rings (SSSR count). The zero-order valence-corrected chi connectivity index (χ0v) is 8.64. The van der Waals surface area contributed by atoms with Crippen LogP contribution in [0.25, 0.3) is 0 Å². The van der Waals surface area contributed by atoms with Gasteiger partial charge in [0.1, 0.15) is 0 Å². The van der Waals surface area contributed by atoms with Gasteiger partial charge in [0.05, 0.1) is 26.2 Å². The van der Waals surface area contributed by atoms with Gasteiger partial charge in [0.2, 0.25) is 0 Å². The van der Waals surface area contributed by atoms with Gasteiger partial charge >= 0.3 is 5.97 Å². The lowest BCUT2D eigenvalue weighted by Gasteiger charge is -2.08. The quantitative estimate of drug-likeness (QED) is 0.704. The van der Waals surface area contributed by atoms with Crippen molar-refractivity contribution < 1.29 is 14.6 Å². The normalized spacial score (nSPS) is 12.2. The zero-order chi connectivity index (χ0) is 11.3. The molecular weight excluding hydrogens is 194 g/mol. The summed E-state index contributed by atoms with van der Waals surface area (Å²) in [5.41, 5.74) is 7.35. The van der Waals surface area contributed by atoms with E-state index in [1.807, 2.05) is 12.1 Å². The predicted molar refractivity (Wildman–Crippen MR) is 56.2 cm³/mol. The average Bonchev–Trinajstić information content (AvgIpc) is 2.29. The lowest BCUT2D eigenvalue weighted by Crippen LogP contribution is -2.14. The van der Waals surface area contributed by atoms with Gasteiger partial charge < -0.3 is 15.6 Å². The summed E-state index contributed by atoms with van der Waals surface area (Å²) in [6, 6.07) is 6.86. The summed E-state index contributed by atoms with van der Waals surface area (Å²) in [5.74, 6) is -0.269. The van der Waals surface area contributed by atoms with Gasteiger partial charge in [-0.1, -0.05) is 24.3 Å². The summed E-state index contributed by atoms with van der Waals surface area (Å²) in [5, 5.41) is 8.84. The fourth-order valence-electron chi connectivity index (χ4n) is 1.23. The van der Waals surface area contributed by atoms with E-state index in [9.17, 15) is 4.79 Å². The SMILES string of the molecule is COC(=O)Cc1ccc([C@@H](N)CO)cc1. The molecule has 4 heteroatoms. The molecule has 1 aromatic rings. The number of aliphatic hydroxyl groups is 1. The minimum absolute atomic E-state index is 0.0870. The Morgan fingerprint density at radius 2 is 2.07 bits per heavy atom. The molecule has 0 spiro atoms. The molecule has 0 heterocycles. The second-order valence-corrected chi connectivity index (χ2v) is 3.28. The van der Waals surface area contributed by atoms with Crippen molar-refractivity contribution in [2.45, 2.75) is 12.5 Å². The number of carbonyl (C=O) groups is 1. The van der Waals surface area contributed by atoms with Gasteiger partial charge in [-0.2, -0.15) is 0 Å². The van der Waals surface area contributed by atoms with Crippen LogP contribution in [0.3, 0.4) is 0 Å². The number of methoxy groups -OCH3 is 1. The first kappa shape index (κ1) is 11.7. The van der Waals surface area contributed by atoms with Crippen LogP contribution in [-0.4, -0.2) is 24.8 Å². The summed E-state index contributed by atoms with van der Waals surface area (Å²) in [6.45, 7) is -0.0870. The fourth-order valence-corrected chi connectivity index (χ4v) is 1.23. The van der Waals surface area contributed by atoms with E-state index in [0.29, 0.717) is 0 Å². The second-order valence-electron chi connectivity index (χ2n) is 3.28. The molecule has 0 saturated heterocycles. The molecule has 0 bridgehead atoms. The van der Waals surface area contributed by atoms with Crippen LogP contribution in [0.2, 0.25) is 0 Å². The van der Waals surface area contributed by atoms with E-state index in [4.69, 9.17) is 10.8 Å². The van der Waals surface area contributed by atoms with E-state index in [1.165, 1.54) is 7.11 Å². The number of aliphatic hydroxyl groups excluding tert-OH is 1. The summed E-state index contributed by atoms with van der Waals surface area (Å²) in [6.07, 6.45) is 0.255. The van der Waals surface area contributed by atoms with Gasteiger partial charge in [-0.25, -0.2) is 0 Å². The molecule has 0 radical (unpaired) electrons. The summed E-state index contributed by atoms with van der Waals surface area (Å²) >= 11 is 0. The maximum absolute atomic E-state index is 11.0. The Kier molecular flexibility index (Phi) is 4.27. The first-order valence-electron chi connectivity index (χ1n) is 4.69. The highest BCUT2D eigenvalue weighted by molar-refractivity contribution is 5.72. The maximum atomic E-state index is 11.0. The molecule has 3 N–H and O–H groups in total. The molecule has 0 amide bonds. The van der Waals surface area contributed by atoms with E-state index in [1.54, 1.807) is 12.1 Å². The molecule has 0 aliphatic heterocycles. The Balaban J connectivity index is 2.68. The van der Waals surface area contributed by atoms with E-state index in [0.717, 1.165) is 11.1 Å². The number of nitrogens with two attached hydrogens (primary N) is 1. The van der Waals surface area contributed by atoms with Crippen molar-refractivity contribution in [1.82, 2.24) is 0 Å². The highest BCUT2D eigenvalue weighted by atomic mass is 16.5. The Labute approximate surface area is 88.7 Å². The first-order chi connectivity index (χ1) is 7.17. The fraction of sp³-hybridized carbons (Fsp3) is 0.364. The average molecular weight is 209 g/mol. The number of hydrogen-bond donors (Lipinski definition) is 2. The van der Waals surface area contributed by atoms with Gasteiger partial charge in [-0.15, -0.1) is 0 Å². The van der Waals surface area contributed by atoms with Gasteiger partial charge in [-0.05, 0) is 11.1 Å². The molecule has 15 heavy (non-hydrogen) atoms. The molecule has 82 valence electrons. The minimum atomic E-state index is -0.364. The molecule has 0 aromatic heterocycles. The van der Waals surface area contributed by atoms with E-state index < -0.39 is 0 Å². The molecule has 0 unspecified atom stereocenters. The van der Waals surface area contributed by atoms with Crippen molar-refractivity contribution in [2.75, 3.05) is 13.7 Å². The van der Waals surface area contributed by atoms with Crippen LogP contribution in [0, 0.1) is 0 Å². The molecular formula is C11H15NO3. The van der Waals surface area contributed by atoms with Crippen molar-refractivity contribution in [3.05, 3.63) is 35.4 Å². The number of rotatable bonds is 4. The highest BCUT2D eigenvalue weighted by Gasteiger charge is 2.05. The summed E-state index contributed by atoms with van der Waals surface area (Å²) in [7, 11) is 1.36. The van der Waals surface area contributed by atoms with Crippen LogP contribution in [0.5, 0.6) is 0 Å². The largest absolute Gasteiger partial charge is 0.469 e. The Hall–Kier alpha value is -1.39. The van der Waals surface area contributed by atoms with Crippen molar-refractivity contribution >= 4 is 5.97 Å². The molecule has 4 nitrogen and oxygen atoms in total. The summed E-state index contributed by atoms with van der Waals surface area (Å²) < 4.78 is 4.55. The number of ether oxygens (including phenoxy) is 1. The third-order valence-corrected chi connectivity index (χ3v) is 2.18. The van der Waals surface area contributed by atoms with Crippen LogP contribution in [0.15, 0.2) is 24.3 Å². The van der Waals surface area contributed by atoms with Crippen LogP contribution in [0.1, 0.15) is 17.2 Å². The van der Waals surface area contributed by atoms with Crippen molar-refractivity contribution in [1.29, 1.82) is 0 Å². The van der Waals surface area contributed by atoms with Crippen molar-refractivity contribution in [3.63, 3.8) is 0 Å². The van der Waals surface area contributed by atoms with Crippen molar-refractivity contribution in [3.8, 4) is 0 Å². The van der Waals surface area contributed by atoms with E-state index in [2.05, 4.69) is 4.74 Å². The van der Waals surface area contributed by atoms with Crippen LogP contribution >= 0.6 is 0 Å². The minimum Gasteiger partial charge on any atom is -0.469 e. The van der Waals surface area contributed by atoms with E-state index >= 15 is 0 Å². The lowest BCUT2D eigenvalue weighted by molar-refractivity contribution is -0.139. The van der Waals surface area contributed by atoms with Crippen LogP contribution in [0.4, 0.5) is 0 Å². The Morgan fingerprint density at radius 3 is 2.53 bits per heavy atom. The monoisotopic (exact) mass is 209 g/mol. The molecule has 1 aromatic carbocycles. The van der Waals surface area contributed by atoms with Crippen LogP contribution < -0.4 is 5.73 Å². The molecule has 0 aliphatic carbocycles. The van der Waals surface area contributed by atoms with Crippen LogP contribution in [-0.2, 0) is 16.0 Å². The molecule has 0 saturated carbocycles. The van der Waals surface area contributed by atoms with Gasteiger partial charge in [0.25, 0.3) is 0 Å². The van der Waals surface area contributed by atoms with Gasteiger partial charge in [0, 0.05) is 0 Å². The van der Waals surface area contributed by atoms with E-state index in [-0.39, 0.29) is 25.0 Å². The van der Waals surface area contributed by atoms with Crippen molar-refractivity contribution in [2.24, 2.45) is 5.73 Å². The third kappa shape index (κ3) is 3.34. The number of benzene rings is 1. The van der Waals surface area contributed by atoms with Gasteiger partial charge in [-0.3, -0.25) is 4.79 Å². The highest BCUT2D eigenvalue weighted by Crippen LogP contribution is 2.11. The molecule has 0 aliphatic rings. The number of esters is 1.